The lowest BCUT2D eigenvalue weighted by Crippen LogP contribution is -2.31. The summed E-state index contributed by atoms with van der Waals surface area (Å²) in [5.41, 5.74) is 5.04. The highest BCUT2D eigenvalue weighted by Crippen LogP contribution is 2.17. The Morgan fingerprint density at radius 1 is 1.27 bits per heavy atom. The van der Waals surface area contributed by atoms with Crippen molar-refractivity contribution in [2.75, 3.05) is 18.1 Å². The normalized spacial score (nSPS) is 12.9. The molecule has 8 nitrogen and oxygen atoms in total. The number of anilines is 1. The molecule has 0 aliphatic heterocycles. The fourth-order valence-corrected chi connectivity index (χ4v) is 3.32. The van der Waals surface area contributed by atoms with Gasteiger partial charge in [-0.25, -0.2) is 14.6 Å². The summed E-state index contributed by atoms with van der Waals surface area (Å²) in [6.45, 7) is 6.88. The number of carbonyl (C=O) groups excluding carboxylic acids is 2. The second kappa shape index (κ2) is 11.0. The van der Waals surface area contributed by atoms with Crippen molar-refractivity contribution in [3.05, 3.63) is 41.4 Å². The van der Waals surface area contributed by atoms with Crippen LogP contribution in [0.1, 0.15) is 33.4 Å². The molecule has 0 bridgehead atoms. The van der Waals surface area contributed by atoms with E-state index in [1.54, 1.807) is 37.9 Å². The summed E-state index contributed by atoms with van der Waals surface area (Å²) in [7, 11) is 0. The van der Waals surface area contributed by atoms with Crippen LogP contribution in [0.25, 0.3) is 0 Å². The molecule has 30 heavy (non-hydrogen) atoms. The van der Waals surface area contributed by atoms with E-state index >= 15 is 0 Å². The molecule has 0 saturated carbocycles. The Balaban J connectivity index is 1.99. The molecule has 0 radical (unpaired) electrons. The van der Waals surface area contributed by atoms with Gasteiger partial charge in [-0.05, 0) is 39.8 Å². The zero-order valence-corrected chi connectivity index (χ0v) is 18.9. The predicted octanol–water partition coefficient (Wildman–Crippen LogP) is 3.51. The second-order valence-corrected chi connectivity index (χ2v) is 9.15. The summed E-state index contributed by atoms with van der Waals surface area (Å²) >= 11 is 2.71. The van der Waals surface area contributed by atoms with Crippen molar-refractivity contribution in [1.82, 2.24) is 4.98 Å². The minimum absolute atomic E-state index is 0.164. The second-order valence-electron chi connectivity index (χ2n) is 7.09. The Morgan fingerprint density at radius 2 is 1.97 bits per heavy atom. The van der Waals surface area contributed by atoms with E-state index in [0.717, 1.165) is 16.2 Å². The van der Waals surface area contributed by atoms with Crippen LogP contribution >= 0.6 is 23.1 Å². The van der Waals surface area contributed by atoms with Gasteiger partial charge < -0.3 is 20.0 Å². The van der Waals surface area contributed by atoms with Crippen LogP contribution in [-0.4, -0.2) is 46.7 Å². The van der Waals surface area contributed by atoms with Crippen molar-refractivity contribution in [2.45, 2.75) is 44.3 Å². The van der Waals surface area contributed by atoms with Gasteiger partial charge in [-0.3, -0.25) is 0 Å². The van der Waals surface area contributed by atoms with Crippen molar-refractivity contribution in [3.63, 3.8) is 0 Å². The Kier molecular flexibility index (Phi) is 8.67. The number of oxime groups is 1. The molecule has 1 aromatic carbocycles. The number of nitrogens with two attached hydrogens (primary N) is 1. The maximum absolute atomic E-state index is 12.5. The minimum atomic E-state index is -1.02. The van der Waals surface area contributed by atoms with E-state index in [2.05, 4.69) is 10.1 Å². The van der Waals surface area contributed by atoms with Crippen molar-refractivity contribution in [2.24, 2.45) is 5.16 Å². The molecule has 2 rings (SSSR count). The van der Waals surface area contributed by atoms with Gasteiger partial charge in [-0.1, -0.05) is 23.4 Å². The zero-order chi connectivity index (χ0) is 22.1. The van der Waals surface area contributed by atoms with Gasteiger partial charge in [0.2, 0.25) is 11.8 Å². The number of benzene rings is 1. The fourth-order valence-electron chi connectivity index (χ4n) is 2.02. The quantitative estimate of drug-likeness (QED) is 0.203. The minimum Gasteiger partial charge on any atom is -0.460 e. The van der Waals surface area contributed by atoms with E-state index in [1.165, 1.54) is 6.92 Å². The summed E-state index contributed by atoms with van der Waals surface area (Å²) < 4.78 is 10.5. The van der Waals surface area contributed by atoms with Gasteiger partial charge in [-0.15, -0.1) is 23.1 Å². The van der Waals surface area contributed by atoms with Crippen LogP contribution < -0.4 is 5.73 Å². The highest BCUT2D eigenvalue weighted by atomic mass is 32.2. The van der Waals surface area contributed by atoms with Crippen molar-refractivity contribution < 1.29 is 23.9 Å². The first-order valence-electron chi connectivity index (χ1n) is 9.19. The zero-order valence-electron chi connectivity index (χ0n) is 17.3. The van der Waals surface area contributed by atoms with Crippen LogP contribution in [0.15, 0.2) is 45.8 Å². The van der Waals surface area contributed by atoms with E-state index in [1.807, 2.05) is 30.3 Å². The van der Waals surface area contributed by atoms with Crippen molar-refractivity contribution >= 4 is 45.9 Å². The van der Waals surface area contributed by atoms with Gasteiger partial charge in [0.15, 0.2) is 5.13 Å². The smallest absolute Gasteiger partial charge is 0.362 e. The highest BCUT2D eigenvalue weighted by molar-refractivity contribution is 7.99. The Bertz CT molecular complexity index is 878. The van der Waals surface area contributed by atoms with Gasteiger partial charge in [0, 0.05) is 16.0 Å². The number of thiazole rings is 1. The number of ether oxygens (including phenoxy) is 2. The van der Waals surface area contributed by atoms with Crippen molar-refractivity contribution in [3.8, 4) is 0 Å². The first-order valence-corrected chi connectivity index (χ1v) is 11.1. The Morgan fingerprint density at radius 3 is 2.57 bits per heavy atom. The topological polar surface area (TPSA) is 113 Å². The molecule has 0 spiro atoms. The summed E-state index contributed by atoms with van der Waals surface area (Å²) in [5.74, 6) is -0.751. The molecule has 0 aliphatic carbocycles. The van der Waals surface area contributed by atoms with Crippen LogP contribution in [0.2, 0.25) is 0 Å². The molecular formula is C20H25N3O5S2. The van der Waals surface area contributed by atoms with E-state index in [-0.39, 0.29) is 23.1 Å². The number of hydrogen-bond donors (Lipinski definition) is 1. The number of hydrogen-bond acceptors (Lipinski definition) is 10. The molecule has 10 heteroatoms. The molecule has 0 fully saturated rings. The average molecular weight is 452 g/mol. The number of carbonyl (C=O) groups is 2. The van der Waals surface area contributed by atoms with Crippen LogP contribution in [0.5, 0.6) is 0 Å². The van der Waals surface area contributed by atoms with Crippen LogP contribution in [0, 0.1) is 0 Å². The third-order valence-electron chi connectivity index (χ3n) is 3.33. The van der Waals surface area contributed by atoms with Gasteiger partial charge >= 0.3 is 11.9 Å². The molecule has 1 atom stereocenters. The molecule has 0 amide bonds. The predicted molar refractivity (Wildman–Crippen MR) is 118 cm³/mol. The molecule has 2 aromatic rings. The number of thioether (sulfide) groups is 1. The number of esters is 2. The molecule has 1 unspecified atom stereocenters. The largest absolute Gasteiger partial charge is 0.460 e. The lowest BCUT2D eigenvalue weighted by molar-refractivity contribution is -0.167. The maximum atomic E-state index is 12.5. The monoisotopic (exact) mass is 451 g/mol. The van der Waals surface area contributed by atoms with E-state index in [4.69, 9.17) is 20.0 Å². The highest BCUT2D eigenvalue weighted by Gasteiger charge is 2.25. The Labute approximate surface area is 183 Å². The number of rotatable bonds is 9. The molecular weight excluding hydrogens is 426 g/mol. The van der Waals surface area contributed by atoms with Crippen LogP contribution in [0.4, 0.5) is 5.13 Å². The third-order valence-corrected chi connectivity index (χ3v) is 4.98. The summed E-state index contributed by atoms with van der Waals surface area (Å²) in [5, 5.41) is 5.65. The standard InChI is InChI=1S/C20H25N3O5S2/c1-13(17(24)27-20(2,3)4)28-23-16(15-12-30-19(21)22-15)18(25)26-10-11-29-14-8-6-5-7-9-14/h5-9,12-13H,10-11H2,1-4H3,(H2,21,22). The number of nitrogen functional groups attached to an aromatic ring is 1. The molecule has 162 valence electrons. The van der Waals surface area contributed by atoms with E-state index in [9.17, 15) is 9.59 Å². The average Bonchev–Trinajstić information content (AvgIpc) is 3.10. The fraction of sp³-hybridized carbons (Fsp3) is 0.400. The van der Waals surface area contributed by atoms with Gasteiger partial charge in [-0.2, -0.15) is 0 Å². The summed E-state index contributed by atoms with van der Waals surface area (Å²) in [6, 6.07) is 9.77. The van der Waals surface area contributed by atoms with Gasteiger partial charge in [0.1, 0.15) is 17.9 Å². The SMILES string of the molecule is CC(ON=C(C(=O)OCCSc1ccccc1)c1csc(N)n1)C(=O)OC(C)(C)C. The first-order chi connectivity index (χ1) is 14.2. The number of nitrogens with zero attached hydrogens (tertiary/aromatic N) is 2. The van der Waals surface area contributed by atoms with Crippen molar-refractivity contribution in [1.29, 1.82) is 0 Å². The maximum Gasteiger partial charge on any atom is 0.362 e. The van der Waals surface area contributed by atoms with Gasteiger partial charge in [0.05, 0.1) is 0 Å². The number of aromatic nitrogens is 1. The van der Waals surface area contributed by atoms with E-state index < -0.39 is 23.6 Å². The molecule has 1 heterocycles. The molecule has 2 N–H and O–H groups in total. The first kappa shape index (κ1) is 23.7. The van der Waals surface area contributed by atoms with Crippen LogP contribution in [-0.2, 0) is 23.9 Å². The van der Waals surface area contributed by atoms with Crippen LogP contribution in [0.3, 0.4) is 0 Å². The lowest BCUT2D eigenvalue weighted by Gasteiger charge is -2.21. The third kappa shape index (κ3) is 8.03. The lowest BCUT2D eigenvalue weighted by atomic mass is 10.2. The molecule has 1 aromatic heterocycles. The summed E-state index contributed by atoms with van der Waals surface area (Å²) in [4.78, 5) is 34.9. The summed E-state index contributed by atoms with van der Waals surface area (Å²) in [6.07, 6.45) is -1.02. The molecule has 0 saturated heterocycles. The van der Waals surface area contributed by atoms with Gasteiger partial charge in [0.25, 0.3) is 0 Å². The Hall–Kier alpha value is -2.59. The van der Waals surface area contributed by atoms with E-state index in [0.29, 0.717) is 5.75 Å². The molecule has 0 aliphatic rings.